The van der Waals surface area contributed by atoms with E-state index in [2.05, 4.69) is 19.4 Å². The maximum Gasteiger partial charge on any atom is 0.416 e. The molecular formula is C12H9F3N2O3. The third-order valence-electron chi connectivity index (χ3n) is 2.50. The Kier molecular flexibility index (Phi) is 3.73. The van der Waals surface area contributed by atoms with Crippen molar-refractivity contribution < 1.29 is 27.2 Å². The highest BCUT2D eigenvalue weighted by Crippen LogP contribution is 2.32. The normalized spacial score (nSPS) is 11.4. The van der Waals surface area contributed by atoms with Gasteiger partial charge in [0.15, 0.2) is 5.82 Å². The Labute approximate surface area is 111 Å². The molecule has 0 atom stereocenters. The Balaban J connectivity index is 2.27. The van der Waals surface area contributed by atoms with E-state index in [1.54, 1.807) is 0 Å². The minimum atomic E-state index is -4.47. The van der Waals surface area contributed by atoms with Crippen LogP contribution in [-0.4, -0.2) is 23.2 Å². The van der Waals surface area contributed by atoms with E-state index in [0.717, 1.165) is 13.2 Å². The van der Waals surface area contributed by atoms with Gasteiger partial charge in [-0.05, 0) is 11.6 Å². The Morgan fingerprint density at radius 2 is 2.05 bits per heavy atom. The molecule has 0 radical (unpaired) electrons. The van der Waals surface area contributed by atoms with Crippen LogP contribution in [0.15, 0.2) is 28.8 Å². The van der Waals surface area contributed by atoms with Crippen LogP contribution in [0.3, 0.4) is 0 Å². The number of carbonyl (C=O) groups excluding carboxylic acids is 1. The number of methoxy groups -OCH3 is 1. The van der Waals surface area contributed by atoms with Gasteiger partial charge in [0, 0.05) is 6.42 Å². The van der Waals surface area contributed by atoms with Gasteiger partial charge in [0.2, 0.25) is 0 Å². The molecule has 0 amide bonds. The molecule has 1 aromatic carbocycles. The van der Waals surface area contributed by atoms with E-state index < -0.39 is 23.6 Å². The molecule has 8 heteroatoms. The van der Waals surface area contributed by atoms with E-state index in [4.69, 9.17) is 0 Å². The van der Waals surface area contributed by atoms with Gasteiger partial charge >= 0.3 is 18.0 Å². The van der Waals surface area contributed by atoms with Gasteiger partial charge < -0.3 is 9.26 Å². The van der Waals surface area contributed by atoms with Crippen molar-refractivity contribution in [1.82, 2.24) is 10.1 Å². The number of nitrogens with zero attached hydrogens (tertiary/aromatic N) is 2. The fourth-order valence-corrected chi connectivity index (χ4v) is 1.62. The first kappa shape index (κ1) is 14.0. The molecule has 0 saturated heterocycles. The number of benzene rings is 1. The lowest BCUT2D eigenvalue weighted by molar-refractivity contribution is -0.138. The van der Waals surface area contributed by atoms with Crippen LogP contribution < -0.4 is 0 Å². The van der Waals surface area contributed by atoms with Crippen molar-refractivity contribution in [3.8, 4) is 0 Å². The molecule has 0 aliphatic rings. The number of aromatic nitrogens is 2. The fraction of sp³-hybridized carbons (Fsp3) is 0.250. The number of rotatable bonds is 3. The summed E-state index contributed by atoms with van der Waals surface area (Å²) in [4.78, 5) is 14.8. The molecule has 0 aliphatic carbocycles. The van der Waals surface area contributed by atoms with Crippen LogP contribution >= 0.6 is 0 Å². The molecule has 1 aromatic heterocycles. The van der Waals surface area contributed by atoms with Gasteiger partial charge in [-0.2, -0.15) is 18.2 Å². The molecule has 106 valence electrons. The first-order chi connectivity index (χ1) is 9.41. The Hall–Kier alpha value is -2.38. The molecule has 0 aliphatic heterocycles. The summed E-state index contributed by atoms with van der Waals surface area (Å²) in [6.07, 6.45) is -4.66. The Morgan fingerprint density at radius 1 is 1.35 bits per heavy atom. The van der Waals surface area contributed by atoms with E-state index in [0.29, 0.717) is 0 Å². The lowest BCUT2D eigenvalue weighted by Crippen LogP contribution is -2.09. The predicted octanol–water partition coefficient (Wildman–Crippen LogP) is 2.47. The van der Waals surface area contributed by atoms with E-state index >= 15 is 0 Å². The first-order valence-electron chi connectivity index (χ1n) is 5.48. The topological polar surface area (TPSA) is 65.2 Å². The van der Waals surface area contributed by atoms with Crippen LogP contribution in [-0.2, 0) is 17.3 Å². The molecule has 5 nitrogen and oxygen atoms in total. The summed E-state index contributed by atoms with van der Waals surface area (Å²) in [5, 5.41) is 3.45. The predicted molar refractivity (Wildman–Crippen MR) is 59.9 cm³/mol. The molecule has 20 heavy (non-hydrogen) atoms. The SMILES string of the molecule is COC(=O)c1nc(Cc2ccccc2C(F)(F)F)no1. The second-order valence-electron chi connectivity index (χ2n) is 3.84. The summed E-state index contributed by atoms with van der Waals surface area (Å²) >= 11 is 0. The molecule has 2 aromatic rings. The van der Waals surface area contributed by atoms with Crippen LogP contribution in [0, 0.1) is 0 Å². The second-order valence-corrected chi connectivity index (χ2v) is 3.84. The number of ether oxygens (including phenoxy) is 1. The third-order valence-corrected chi connectivity index (χ3v) is 2.50. The lowest BCUT2D eigenvalue weighted by atomic mass is 10.0. The summed E-state index contributed by atoms with van der Waals surface area (Å²) < 4.78 is 47.4. The minimum Gasteiger partial charge on any atom is -0.462 e. The summed E-state index contributed by atoms with van der Waals surface area (Å²) in [6, 6.07) is 5.06. The number of hydrogen-bond donors (Lipinski definition) is 0. The summed E-state index contributed by atoms with van der Waals surface area (Å²) in [7, 11) is 1.13. The third kappa shape index (κ3) is 2.95. The van der Waals surface area contributed by atoms with Gasteiger partial charge in [-0.15, -0.1) is 0 Å². The fourth-order valence-electron chi connectivity index (χ4n) is 1.62. The van der Waals surface area contributed by atoms with Crippen molar-refractivity contribution in [3.05, 3.63) is 47.1 Å². The molecular weight excluding hydrogens is 277 g/mol. The molecule has 1 heterocycles. The quantitative estimate of drug-likeness (QED) is 0.811. The molecule has 0 saturated carbocycles. The van der Waals surface area contributed by atoms with E-state index in [9.17, 15) is 18.0 Å². The number of esters is 1. The average molecular weight is 286 g/mol. The Morgan fingerprint density at radius 3 is 2.70 bits per heavy atom. The highest BCUT2D eigenvalue weighted by atomic mass is 19.4. The van der Waals surface area contributed by atoms with E-state index in [-0.39, 0.29) is 17.8 Å². The number of alkyl halides is 3. The molecule has 2 rings (SSSR count). The van der Waals surface area contributed by atoms with E-state index in [1.165, 1.54) is 18.2 Å². The van der Waals surface area contributed by atoms with Gasteiger partial charge in [-0.3, -0.25) is 0 Å². The van der Waals surface area contributed by atoms with Crippen LogP contribution in [0.25, 0.3) is 0 Å². The van der Waals surface area contributed by atoms with Crippen LogP contribution in [0.5, 0.6) is 0 Å². The number of hydrogen-bond acceptors (Lipinski definition) is 5. The van der Waals surface area contributed by atoms with Crippen LogP contribution in [0.4, 0.5) is 13.2 Å². The monoisotopic (exact) mass is 286 g/mol. The van der Waals surface area contributed by atoms with Crippen LogP contribution in [0.2, 0.25) is 0 Å². The van der Waals surface area contributed by atoms with Crippen molar-refractivity contribution in [2.24, 2.45) is 0 Å². The number of carbonyl (C=O) groups is 1. The van der Waals surface area contributed by atoms with Gasteiger partial charge in [0.25, 0.3) is 0 Å². The molecule has 0 N–H and O–H groups in total. The van der Waals surface area contributed by atoms with E-state index in [1.807, 2.05) is 0 Å². The van der Waals surface area contributed by atoms with Crippen molar-refractivity contribution in [2.75, 3.05) is 7.11 Å². The average Bonchev–Trinajstić information content (AvgIpc) is 2.86. The van der Waals surface area contributed by atoms with Crippen molar-refractivity contribution in [1.29, 1.82) is 0 Å². The first-order valence-corrected chi connectivity index (χ1v) is 5.48. The molecule has 0 unspecified atom stereocenters. The van der Waals surface area contributed by atoms with Crippen molar-refractivity contribution in [2.45, 2.75) is 12.6 Å². The Bertz CT molecular complexity index is 622. The van der Waals surface area contributed by atoms with Crippen molar-refractivity contribution in [3.63, 3.8) is 0 Å². The van der Waals surface area contributed by atoms with Gasteiger partial charge in [0.05, 0.1) is 12.7 Å². The highest BCUT2D eigenvalue weighted by Gasteiger charge is 2.33. The maximum atomic E-state index is 12.8. The van der Waals surface area contributed by atoms with Gasteiger partial charge in [-0.1, -0.05) is 23.4 Å². The summed E-state index contributed by atoms with van der Waals surface area (Å²) in [5.41, 5.74) is -0.776. The number of halogens is 3. The zero-order valence-electron chi connectivity index (χ0n) is 10.3. The van der Waals surface area contributed by atoms with Gasteiger partial charge in [0.1, 0.15) is 0 Å². The second kappa shape index (κ2) is 5.32. The smallest absolute Gasteiger partial charge is 0.416 e. The largest absolute Gasteiger partial charge is 0.462 e. The standard InChI is InChI=1S/C12H9F3N2O3/c1-19-11(18)10-16-9(17-20-10)6-7-4-2-3-5-8(7)12(13,14)15/h2-5H,6H2,1H3. The summed E-state index contributed by atoms with van der Waals surface area (Å²) in [6.45, 7) is 0. The van der Waals surface area contributed by atoms with Crippen LogP contribution in [0.1, 0.15) is 27.6 Å². The molecule has 0 spiro atoms. The zero-order chi connectivity index (χ0) is 14.8. The van der Waals surface area contributed by atoms with Crippen molar-refractivity contribution >= 4 is 5.97 Å². The maximum absolute atomic E-state index is 12.8. The molecule has 0 bridgehead atoms. The highest BCUT2D eigenvalue weighted by molar-refractivity contribution is 5.83. The zero-order valence-corrected chi connectivity index (χ0v) is 10.3. The lowest BCUT2D eigenvalue weighted by Gasteiger charge is -2.10. The van der Waals surface area contributed by atoms with Gasteiger partial charge in [-0.25, -0.2) is 4.79 Å². The minimum absolute atomic E-state index is 0.00258. The summed E-state index contributed by atoms with van der Waals surface area (Å²) in [5.74, 6) is -1.26. The molecule has 0 fully saturated rings.